The zero-order chi connectivity index (χ0) is 12.3. The van der Waals surface area contributed by atoms with Gasteiger partial charge in [0.25, 0.3) is 0 Å². The van der Waals surface area contributed by atoms with Crippen molar-refractivity contribution in [3.63, 3.8) is 0 Å². The lowest BCUT2D eigenvalue weighted by atomic mass is 9.93. The Morgan fingerprint density at radius 1 is 1.71 bits per heavy atom. The monoisotopic (exact) mass is 250 g/mol. The first-order valence-corrected chi connectivity index (χ1v) is 6.95. The smallest absolute Gasteiger partial charge is 0.100 e. The maximum absolute atomic E-state index is 9.64. The molecule has 1 fully saturated rings. The summed E-state index contributed by atoms with van der Waals surface area (Å²) in [5.41, 5.74) is 0.758. The van der Waals surface area contributed by atoms with Crippen LogP contribution in [0.15, 0.2) is 11.4 Å². The Bertz CT molecular complexity index is 408. The van der Waals surface area contributed by atoms with Crippen LogP contribution in [0.1, 0.15) is 30.2 Å². The van der Waals surface area contributed by atoms with Gasteiger partial charge >= 0.3 is 0 Å². The summed E-state index contributed by atoms with van der Waals surface area (Å²) < 4.78 is 0. The first-order valence-electron chi connectivity index (χ1n) is 6.07. The molecule has 4 heteroatoms. The van der Waals surface area contributed by atoms with E-state index in [1.165, 1.54) is 4.88 Å². The molecule has 17 heavy (non-hydrogen) atoms. The van der Waals surface area contributed by atoms with Crippen LogP contribution < -0.4 is 0 Å². The molecule has 1 aromatic rings. The minimum absolute atomic E-state index is 0.212. The lowest BCUT2D eigenvalue weighted by molar-refractivity contribution is 0.0603. The fourth-order valence-electron chi connectivity index (χ4n) is 2.37. The highest BCUT2D eigenvalue weighted by Crippen LogP contribution is 2.23. The highest BCUT2D eigenvalue weighted by atomic mass is 32.1. The van der Waals surface area contributed by atoms with Crippen molar-refractivity contribution in [2.45, 2.75) is 32.4 Å². The molecule has 1 saturated heterocycles. The number of aliphatic hydroxyl groups excluding tert-OH is 1. The van der Waals surface area contributed by atoms with Gasteiger partial charge in [-0.25, -0.2) is 0 Å². The second-order valence-electron chi connectivity index (χ2n) is 4.79. The molecule has 0 radical (unpaired) electrons. The van der Waals surface area contributed by atoms with Gasteiger partial charge in [-0.2, -0.15) is 5.26 Å². The van der Waals surface area contributed by atoms with Crippen molar-refractivity contribution in [2.75, 3.05) is 13.1 Å². The summed E-state index contributed by atoms with van der Waals surface area (Å²) >= 11 is 1.65. The van der Waals surface area contributed by atoms with Gasteiger partial charge in [-0.15, -0.1) is 11.3 Å². The molecule has 3 nitrogen and oxygen atoms in total. The van der Waals surface area contributed by atoms with Gasteiger partial charge in [-0.05, 0) is 38.3 Å². The largest absolute Gasteiger partial charge is 0.393 e. The topological polar surface area (TPSA) is 47.3 Å². The van der Waals surface area contributed by atoms with Gasteiger partial charge in [0, 0.05) is 23.3 Å². The molecule has 0 amide bonds. The minimum Gasteiger partial charge on any atom is -0.393 e. The van der Waals surface area contributed by atoms with E-state index in [0.717, 1.165) is 38.0 Å². The maximum atomic E-state index is 9.64. The Kier molecular flexibility index (Phi) is 4.16. The summed E-state index contributed by atoms with van der Waals surface area (Å²) in [7, 11) is 0. The van der Waals surface area contributed by atoms with E-state index in [9.17, 15) is 5.11 Å². The van der Waals surface area contributed by atoms with Crippen LogP contribution in [0.25, 0.3) is 0 Å². The average Bonchev–Trinajstić information content (AvgIpc) is 2.77. The van der Waals surface area contributed by atoms with E-state index in [-0.39, 0.29) is 6.10 Å². The third kappa shape index (κ3) is 3.29. The van der Waals surface area contributed by atoms with Crippen LogP contribution in [0.5, 0.6) is 0 Å². The fourth-order valence-corrected chi connectivity index (χ4v) is 3.22. The molecule has 1 aromatic heterocycles. The second kappa shape index (κ2) is 5.63. The second-order valence-corrected chi connectivity index (χ2v) is 5.79. The molecule has 0 unspecified atom stereocenters. The van der Waals surface area contributed by atoms with Crippen molar-refractivity contribution in [3.05, 3.63) is 21.9 Å². The number of hydrogen-bond acceptors (Lipinski definition) is 4. The summed E-state index contributed by atoms with van der Waals surface area (Å²) in [6, 6.07) is 4.13. The van der Waals surface area contributed by atoms with Gasteiger partial charge in [0.15, 0.2) is 0 Å². The van der Waals surface area contributed by atoms with Crippen molar-refractivity contribution in [2.24, 2.45) is 5.92 Å². The third-order valence-electron chi connectivity index (χ3n) is 3.39. The molecule has 0 saturated carbocycles. The molecule has 1 N–H and O–H groups in total. The number of thiophene rings is 1. The van der Waals surface area contributed by atoms with E-state index in [0.29, 0.717) is 5.92 Å². The zero-order valence-electron chi connectivity index (χ0n) is 10.1. The Balaban J connectivity index is 1.92. The van der Waals surface area contributed by atoms with E-state index >= 15 is 0 Å². The number of nitrogens with zero attached hydrogens (tertiary/aromatic N) is 2. The van der Waals surface area contributed by atoms with E-state index < -0.39 is 0 Å². The van der Waals surface area contributed by atoms with Crippen LogP contribution in [0.4, 0.5) is 0 Å². The first kappa shape index (κ1) is 12.6. The van der Waals surface area contributed by atoms with Crippen LogP contribution in [0.3, 0.4) is 0 Å². The zero-order valence-corrected chi connectivity index (χ0v) is 10.9. The van der Waals surface area contributed by atoms with Gasteiger partial charge in [0.2, 0.25) is 0 Å². The fraction of sp³-hybridized carbons (Fsp3) is 0.615. The first-order chi connectivity index (χ1) is 8.19. The van der Waals surface area contributed by atoms with Gasteiger partial charge in [0.05, 0.1) is 11.7 Å². The third-order valence-corrected chi connectivity index (χ3v) is 4.31. The molecule has 2 atom stereocenters. The highest BCUT2D eigenvalue weighted by Gasteiger charge is 2.23. The molecule has 2 heterocycles. The minimum atomic E-state index is -0.212. The summed E-state index contributed by atoms with van der Waals surface area (Å²) in [4.78, 5) is 3.63. The van der Waals surface area contributed by atoms with E-state index in [1.54, 1.807) is 11.3 Å². The van der Waals surface area contributed by atoms with Crippen molar-refractivity contribution < 1.29 is 5.11 Å². The lowest BCUT2D eigenvalue weighted by Gasteiger charge is -2.33. The van der Waals surface area contributed by atoms with Crippen LogP contribution in [0.2, 0.25) is 0 Å². The standard InChI is InChI=1S/C13H18N2OS/c1-10(16)12-3-2-4-15(7-12)8-13-5-11(6-14)9-17-13/h5,9-10,12,16H,2-4,7-8H2,1H3/t10-,12+/m1/s1. The Hall–Kier alpha value is -0.890. The Labute approximate surface area is 106 Å². The quantitative estimate of drug-likeness (QED) is 0.894. The van der Waals surface area contributed by atoms with Crippen LogP contribution >= 0.6 is 11.3 Å². The predicted octanol–water partition coefficient (Wildman–Crippen LogP) is 2.21. The van der Waals surface area contributed by atoms with Gasteiger partial charge in [-0.1, -0.05) is 0 Å². The normalized spacial score (nSPS) is 23.2. The van der Waals surface area contributed by atoms with Crippen LogP contribution in [0, 0.1) is 17.2 Å². The van der Waals surface area contributed by atoms with Crippen molar-refractivity contribution >= 4 is 11.3 Å². The number of likely N-dealkylation sites (tertiary alicyclic amines) is 1. The summed E-state index contributed by atoms with van der Waals surface area (Å²) in [5, 5.41) is 20.3. The van der Waals surface area contributed by atoms with Gasteiger partial charge in [-0.3, -0.25) is 4.90 Å². The number of rotatable bonds is 3. The summed E-state index contributed by atoms with van der Waals surface area (Å²) in [6.45, 7) is 4.86. The molecule has 1 aliphatic heterocycles. The predicted molar refractivity (Wildman–Crippen MR) is 68.7 cm³/mol. The molecular weight excluding hydrogens is 232 g/mol. The van der Waals surface area contributed by atoms with Crippen LogP contribution in [-0.4, -0.2) is 29.2 Å². The van der Waals surface area contributed by atoms with Crippen molar-refractivity contribution in [1.82, 2.24) is 4.90 Å². The molecule has 0 aliphatic carbocycles. The number of aliphatic hydroxyl groups is 1. The highest BCUT2D eigenvalue weighted by molar-refractivity contribution is 7.10. The SMILES string of the molecule is C[C@@H](O)[C@H]1CCCN(Cc2cc(C#N)cs2)C1. The molecule has 0 spiro atoms. The van der Waals surface area contributed by atoms with Crippen molar-refractivity contribution in [3.8, 4) is 6.07 Å². The summed E-state index contributed by atoms with van der Waals surface area (Å²) in [6.07, 6.45) is 2.07. The molecule has 0 aromatic carbocycles. The lowest BCUT2D eigenvalue weighted by Crippen LogP contribution is -2.38. The maximum Gasteiger partial charge on any atom is 0.100 e. The Morgan fingerprint density at radius 2 is 2.53 bits per heavy atom. The number of hydrogen-bond donors (Lipinski definition) is 1. The van der Waals surface area contributed by atoms with E-state index in [4.69, 9.17) is 5.26 Å². The van der Waals surface area contributed by atoms with Crippen LogP contribution in [-0.2, 0) is 6.54 Å². The molecule has 92 valence electrons. The molecule has 2 rings (SSSR count). The molecule has 0 bridgehead atoms. The average molecular weight is 250 g/mol. The Morgan fingerprint density at radius 3 is 3.18 bits per heavy atom. The van der Waals surface area contributed by atoms with E-state index in [2.05, 4.69) is 11.0 Å². The number of nitriles is 1. The van der Waals surface area contributed by atoms with E-state index in [1.807, 2.05) is 18.4 Å². The molecule has 1 aliphatic rings. The molecular formula is C13H18N2OS. The number of piperidine rings is 1. The summed E-state index contributed by atoms with van der Waals surface area (Å²) in [5.74, 6) is 0.402. The van der Waals surface area contributed by atoms with Gasteiger partial charge in [0.1, 0.15) is 6.07 Å². The van der Waals surface area contributed by atoms with Crippen molar-refractivity contribution in [1.29, 1.82) is 5.26 Å². The van der Waals surface area contributed by atoms with Gasteiger partial charge < -0.3 is 5.11 Å².